The first-order chi connectivity index (χ1) is 11.8. The average Bonchev–Trinajstić information content (AvgIpc) is 2.54. The molecule has 0 aliphatic heterocycles. The van der Waals surface area contributed by atoms with Gasteiger partial charge in [-0.1, -0.05) is 36.4 Å². The van der Waals surface area contributed by atoms with Gasteiger partial charge in [0.25, 0.3) is 0 Å². The Hall–Kier alpha value is -2.41. The Kier molecular flexibility index (Phi) is 6.14. The van der Waals surface area contributed by atoms with E-state index < -0.39 is 27.8 Å². The number of amides is 1. The van der Waals surface area contributed by atoms with Crippen molar-refractivity contribution in [2.45, 2.75) is 19.4 Å². The highest BCUT2D eigenvalue weighted by molar-refractivity contribution is 7.92. The summed E-state index contributed by atoms with van der Waals surface area (Å²) in [5.41, 5.74) is 1.19. The van der Waals surface area contributed by atoms with Crippen molar-refractivity contribution in [2.24, 2.45) is 0 Å². The van der Waals surface area contributed by atoms with Gasteiger partial charge < -0.3 is 5.32 Å². The van der Waals surface area contributed by atoms with Crippen LogP contribution in [0.3, 0.4) is 0 Å². The van der Waals surface area contributed by atoms with E-state index in [2.05, 4.69) is 5.32 Å². The molecule has 2 aromatic carbocycles. The zero-order valence-electron chi connectivity index (χ0n) is 14.1. The highest BCUT2D eigenvalue weighted by atomic mass is 32.2. The monoisotopic (exact) mass is 364 g/mol. The topological polar surface area (TPSA) is 66.5 Å². The number of hydrogen-bond donors (Lipinski definition) is 1. The molecular weight excluding hydrogens is 343 g/mol. The number of hydrogen-bond acceptors (Lipinski definition) is 3. The standard InChI is InChI=1S/C18H21FN2O3S/c1-14(18(22)20-12-11-15-7-4-3-5-8-15)21(25(2,23)24)17-10-6-9-16(19)13-17/h3-10,13-14H,11-12H2,1-2H3,(H,20,22). The normalized spacial score (nSPS) is 12.4. The molecule has 2 aromatic rings. The lowest BCUT2D eigenvalue weighted by Crippen LogP contribution is -2.48. The quantitative estimate of drug-likeness (QED) is 0.820. The van der Waals surface area contributed by atoms with E-state index >= 15 is 0 Å². The Morgan fingerprint density at radius 2 is 1.84 bits per heavy atom. The number of sulfonamides is 1. The van der Waals surface area contributed by atoms with Crippen molar-refractivity contribution in [3.8, 4) is 0 Å². The van der Waals surface area contributed by atoms with Gasteiger partial charge in [0, 0.05) is 6.54 Å². The summed E-state index contributed by atoms with van der Waals surface area (Å²) in [6.07, 6.45) is 1.63. The maximum atomic E-state index is 13.4. The third-order valence-corrected chi connectivity index (χ3v) is 4.95. The lowest BCUT2D eigenvalue weighted by Gasteiger charge is -2.28. The van der Waals surface area contributed by atoms with Crippen molar-refractivity contribution in [1.82, 2.24) is 5.32 Å². The molecule has 2 rings (SSSR count). The van der Waals surface area contributed by atoms with Crippen LogP contribution >= 0.6 is 0 Å². The van der Waals surface area contributed by atoms with Gasteiger partial charge in [-0.25, -0.2) is 12.8 Å². The van der Waals surface area contributed by atoms with Gasteiger partial charge in [-0.15, -0.1) is 0 Å². The minimum atomic E-state index is -3.75. The van der Waals surface area contributed by atoms with E-state index in [0.717, 1.165) is 22.2 Å². The first kappa shape index (κ1) is 18.9. The molecule has 1 N–H and O–H groups in total. The summed E-state index contributed by atoms with van der Waals surface area (Å²) in [5, 5.41) is 2.73. The van der Waals surface area contributed by atoms with Gasteiger partial charge in [-0.3, -0.25) is 9.10 Å². The zero-order valence-corrected chi connectivity index (χ0v) is 15.0. The summed E-state index contributed by atoms with van der Waals surface area (Å²) < 4.78 is 38.6. The summed E-state index contributed by atoms with van der Waals surface area (Å²) in [4.78, 5) is 12.4. The smallest absolute Gasteiger partial charge is 0.243 e. The van der Waals surface area contributed by atoms with E-state index in [-0.39, 0.29) is 5.69 Å². The van der Waals surface area contributed by atoms with E-state index in [0.29, 0.717) is 13.0 Å². The molecule has 1 amide bonds. The van der Waals surface area contributed by atoms with Gasteiger partial charge in [-0.05, 0) is 37.1 Å². The molecule has 0 fully saturated rings. The molecule has 0 aromatic heterocycles. The second kappa shape index (κ2) is 8.11. The lowest BCUT2D eigenvalue weighted by atomic mass is 10.1. The molecule has 134 valence electrons. The minimum Gasteiger partial charge on any atom is -0.354 e. The summed E-state index contributed by atoms with van der Waals surface area (Å²) in [6.45, 7) is 1.86. The van der Waals surface area contributed by atoms with Crippen molar-refractivity contribution in [3.05, 3.63) is 66.0 Å². The largest absolute Gasteiger partial charge is 0.354 e. The molecule has 25 heavy (non-hydrogen) atoms. The molecule has 1 atom stereocenters. The van der Waals surface area contributed by atoms with E-state index in [1.165, 1.54) is 25.1 Å². The van der Waals surface area contributed by atoms with Crippen LogP contribution in [0, 0.1) is 5.82 Å². The molecule has 0 aliphatic rings. The molecule has 0 spiro atoms. The molecule has 1 unspecified atom stereocenters. The van der Waals surface area contributed by atoms with Gasteiger partial charge in [0.05, 0.1) is 11.9 Å². The number of nitrogens with zero attached hydrogens (tertiary/aromatic N) is 1. The van der Waals surface area contributed by atoms with Crippen LogP contribution in [0.1, 0.15) is 12.5 Å². The molecule has 5 nitrogen and oxygen atoms in total. The summed E-state index contributed by atoms with van der Waals surface area (Å²) in [7, 11) is -3.75. The SMILES string of the molecule is CC(C(=O)NCCc1ccccc1)N(c1cccc(F)c1)S(C)(=O)=O. The number of rotatable bonds is 7. The predicted octanol–water partition coefficient (Wildman–Crippen LogP) is 2.34. The number of anilines is 1. The first-order valence-electron chi connectivity index (χ1n) is 7.85. The fourth-order valence-corrected chi connectivity index (χ4v) is 3.71. The van der Waals surface area contributed by atoms with Crippen LogP contribution < -0.4 is 9.62 Å². The highest BCUT2D eigenvalue weighted by Crippen LogP contribution is 2.21. The van der Waals surface area contributed by atoms with Gasteiger partial charge in [0.15, 0.2) is 0 Å². The lowest BCUT2D eigenvalue weighted by molar-refractivity contribution is -0.121. The Bertz CT molecular complexity index is 825. The molecule has 0 bridgehead atoms. The van der Waals surface area contributed by atoms with E-state index in [1.807, 2.05) is 30.3 Å². The molecule has 0 heterocycles. The molecule has 0 saturated carbocycles. The van der Waals surface area contributed by atoms with E-state index in [1.54, 1.807) is 0 Å². The van der Waals surface area contributed by atoms with Gasteiger partial charge >= 0.3 is 0 Å². The maximum Gasteiger partial charge on any atom is 0.243 e. The Balaban J connectivity index is 2.08. The molecule has 7 heteroatoms. The zero-order chi connectivity index (χ0) is 18.4. The third kappa shape index (κ3) is 5.29. The molecular formula is C18H21FN2O3S. The first-order valence-corrected chi connectivity index (χ1v) is 9.70. The number of carbonyl (C=O) groups is 1. The van der Waals surface area contributed by atoms with Gasteiger partial charge in [0.1, 0.15) is 11.9 Å². The number of carbonyl (C=O) groups excluding carboxylic acids is 1. The van der Waals surface area contributed by atoms with Gasteiger partial charge in [-0.2, -0.15) is 0 Å². The van der Waals surface area contributed by atoms with Crippen molar-refractivity contribution in [3.63, 3.8) is 0 Å². The van der Waals surface area contributed by atoms with E-state index in [4.69, 9.17) is 0 Å². The third-order valence-electron chi connectivity index (χ3n) is 3.71. The fraction of sp³-hybridized carbons (Fsp3) is 0.278. The number of nitrogens with one attached hydrogen (secondary N) is 1. The fourth-order valence-electron chi connectivity index (χ4n) is 2.54. The Labute approximate surface area is 147 Å². The second-order valence-electron chi connectivity index (χ2n) is 5.74. The van der Waals surface area contributed by atoms with Gasteiger partial charge in [0.2, 0.25) is 15.9 Å². The average molecular weight is 364 g/mol. The molecule has 0 saturated heterocycles. The van der Waals surface area contributed by atoms with Crippen LogP contribution in [0.5, 0.6) is 0 Å². The van der Waals surface area contributed by atoms with Crippen molar-refractivity contribution >= 4 is 21.6 Å². The van der Waals surface area contributed by atoms with Crippen LogP contribution in [0.4, 0.5) is 10.1 Å². The van der Waals surface area contributed by atoms with Crippen molar-refractivity contribution in [2.75, 3.05) is 17.1 Å². The second-order valence-corrected chi connectivity index (χ2v) is 7.60. The minimum absolute atomic E-state index is 0.119. The van der Waals surface area contributed by atoms with Crippen molar-refractivity contribution < 1.29 is 17.6 Å². The Morgan fingerprint density at radius 1 is 1.16 bits per heavy atom. The van der Waals surface area contributed by atoms with Crippen LogP contribution in [0.15, 0.2) is 54.6 Å². The molecule has 0 radical (unpaired) electrons. The van der Waals surface area contributed by atoms with Crippen molar-refractivity contribution in [1.29, 1.82) is 0 Å². The summed E-state index contributed by atoms with van der Waals surface area (Å²) in [6, 6.07) is 13.8. The molecule has 0 aliphatic carbocycles. The Morgan fingerprint density at radius 3 is 2.44 bits per heavy atom. The number of halogens is 1. The highest BCUT2D eigenvalue weighted by Gasteiger charge is 2.29. The predicted molar refractivity (Wildman–Crippen MR) is 96.3 cm³/mol. The summed E-state index contributed by atoms with van der Waals surface area (Å²) in [5.74, 6) is -1.01. The van der Waals surface area contributed by atoms with Crippen LogP contribution in [0.2, 0.25) is 0 Å². The van der Waals surface area contributed by atoms with Crippen LogP contribution in [-0.2, 0) is 21.2 Å². The number of benzene rings is 2. The maximum absolute atomic E-state index is 13.4. The van der Waals surface area contributed by atoms with E-state index in [9.17, 15) is 17.6 Å². The summed E-state index contributed by atoms with van der Waals surface area (Å²) >= 11 is 0. The van der Waals surface area contributed by atoms with Crippen LogP contribution in [-0.4, -0.2) is 33.2 Å². The van der Waals surface area contributed by atoms with Crippen LogP contribution in [0.25, 0.3) is 0 Å².